The highest BCUT2D eigenvalue weighted by Crippen LogP contribution is 2.29. The van der Waals surface area contributed by atoms with Gasteiger partial charge in [0.05, 0.1) is 12.1 Å². The van der Waals surface area contributed by atoms with Crippen LogP contribution in [0.3, 0.4) is 0 Å². The van der Waals surface area contributed by atoms with Crippen LogP contribution in [-0.2, 0) is 10.9 Å². The predicted molar refractivity (Wildman–Crippen MR) is 116 cm³/mol. The molecule has 0 radical (unpaired) electrons. The minimum atomic E-state index is -2.72. The van der Waals surface area contributed by atoms with Crippen LogP contribution in [0, 0.1) is 0 Å². The molecule has 0 heterocycles. The van der Waals surface area contributed by atoms with Crippen LogP contribution >= 0.6 is 0 Å². The molecule has 0 amide bonds. The highest BCUT2D eigenvalue weighted by Gasteiger charge is 2.24. The number of hydrogen-bond acceptors (Lipinski definition) is 3. The summed E-state index contributed by atoms with van der Waals surface area (Å²) in [7, 11) is -2.72. The number of thiol groups is 1. The van der Waals surface area contributed by atoms with Crippen LogP contribution in [-0.4, -0.2) is 15.0 Å². The molecule has 2 aromatic carbocycles. The third-order valence-corrected chi connectivity index (χ3v) is 5.51. The fraction of sp³-hybridized carbons (Fsp3) is 0.304. The van der Waals surface area contributed by atoms with Gasteiger partial charge in [-0.25, -0.2) is 13.1 Å². The quantitative estimate of drug-likeness (QED) is 0.320. The molecule has 4 nitrogen and oxygen atoms in total. The van der Waals surface area contributed by atoms with E-state index < -0.39 is 10.9 Å². The molecule has 0 saturated carbocycles. The van der Waals surface area contributed by atoms with Crippen molar-refractivity contribution in [2.24, 2.45) is 0 Å². The molecule has 0 bridgehead atoms. The van der Waals surface area contributed by atoms with E-state index in [1.165, 1.54) is 5.57 Å². The van der Waals surface area contributed by atoms with Crippen molar-refractivity contribution in [3.63, 3.8) is 0 Å². The maximum atomic E-state index is 11.5. The molecule has 2 aromatic rings. The van der Waals surface area contributed by atoms with E-state index in [0.29, 0.717) is 0 Å². The molecule has 2 atom stereocenters. The van der Waals surface area contributed by atoms with E-state index in [-0.39, 0.29) is 12.1 Å². The molecule has 1 aliphatic rings. The van der Waals surface area contributed by atoms with E-state index in [1.54, 1.807) is 0 Å². The Hall–Kier alpha value is -2.21. The van der Waals surface area contributed by atoms with Gasteiger partial charge in [0.2, 0.25) is 10.9 Å². The lowest BCUT2D eigenvalue weighted by atomic mass is 9.93. The summed E-state index contributed by atoms with van der Waals surface area (Å²) in [5.74, 6) is 0. The Labute approximate surface area is 169 Å². The molecule has 0 fully saturated rings. The zero-order valence-corrected chi connectivity index (χ0v) is 16.9. The van der Waals surface area contributed by atoms with E-state index in [1.807, 2.05) is 60.7 Å². The zero-order valence-electron chi connectivity index (χ0n) is 16.0. The second-order valence-corrected chi connectivity index (χ2v) is 7.77. The highest BCUT2D eigenvalue weighted by atomic mass is 32.2. The second kappa shape index (κ2) is 11.0. The molecule has 1 unspecified atom stereocenters. The molecule has 0 saturated heterocycles. The first-order valence-electron chi connectivity index (χ1n) is 9.81. The van der Waals surface area contributed by atoms with Gasteiger partial charge in [0.1, 0.15) is 0 Å². The Morgan fingerprint density at radius 2 is 1.50 bits per heavy atom. The topological polar surface area (TPSA) is 58.2 Å². The minimum Gasteiger partial charge on any atom is -0.308 e. The van der Waals surface area contributed by atoms with Gasteiger partial charge in [-0.2, -0.15) is 0 Å². The second-order valence-electron chi connectivity index (χ2n) is 6.99. The lowest BCUT2D eigenvalue weighted by Crippen LogP contribution is -2.35. The van der Waals surface area contributed by atoms with Crippen molar-refractivity contribution < 1.29 is 8.42 Å². The van der Waals surface area contributed by atoms with Gasteiger partial charge in [-0.15, -0.1) is 0 Å². The molecular weight excluding hydrogens is 368 g/mol. The number of hydrogen-bond donors (Lipinski definition) is 3. The summed E-state index contributed by atoms with van der Waals surface area (Å²) in [5.41, 5.74) is 3.50. The van der Waals surface area contributed by atoms with Crippen LogP contribution in [0.2, 0.25) is 0 Å². The predicted octanol–water partition coefficient (Wildman–Crippen LogP) is 4.23. The molecule has 28 heavy (non-hydrogen) atoms. The Kier molecular flexibility index (Phi) is 8.03. The summed E-state index contributed by atoms with van der Waals surface area (Å²) in [6.45, 7) is 0.821. The smallest absolute Gasteiger partial charge is 0.202 e. The molecule has 2 N–H and O–H groups in total. The van der Waals surface area contributed by atoms with Crippen LogP contribution in [0.1, 0.15) is 48.9 Å². The van der Waals surface area contributed by atoms with Gasteiger partial charge in [-0.05, 0) is 43.4 Å². The van der Waals surface area contributed by atoms with Crippen molar-refractivity contribution in [3.8, 4) is 0 Å². The van der Waals surface area contributed by atoms with Gasteiger partial charge >= 0.3 is 0 Å². The molecule has 0 aliphatic heterocycles. The summed E-state index contributed by atoms with van der Waals surface area (Å²) in [6.07, 6.45) is 10.9. The Balaban J connectivity index is 1.74. The maximum absolute atomic E-state index is 11.5. The normalized spacial score (nSPS) is 16.0. The summed E-state index contributed by atoms with van der Waals surface area (Å²) < 4.78 is 25.8. The molecule has 0 spiro atoms. The molecule has 5 heteroatoms. The molecule has 0 aromatic heterocycles. The van der Waals surface area contributed by atoms with Gasteiger partial charge in [-0.1, -0.05) is 84.5 Å². The lowest BCUT2D eigenvalue weighted by Gasteiger charge is -2.28. The van der Waals surface area contributed by atoms with Crippen molar-refractivity contribution in [2.75, 3.05) is 6.54 Å². The van der Waals surface area contributed by atoms with Gasteiger partial charge in [-0.3, -0.25) is 0 Å². The van der Waals surface area contributed by atoms with Crippen LogP contribution in [0.25, 0.3) is 0 Å². The SMILES string of the molecule is O=[SH](=O)N[C@@H](c1ccccc1)C(NCCCC1=CCC=CC1)c1ccccc1. The third-order valence-electron chi connectivity index (χ3n) is 5.02. The standard InChI is InChI=1S/C23H28N2O2S/c26-28(27)25-23(21-16-8-3-9-17-21)22(20-14-6-2-7-15-20)24-18-10-13-19-11-4-1-5-12-19/h1-4,6-9,12,14-17,22-24,28H,5,10-11,13,18H2,(H,25,26,27)/t22?,23-/m0/s1. The largest absolute Gasteiger partial charge is 0.308 e. The van der Waals surface area contributed by atoms with Crippen LogP contribution < -0.4 is 10.0 Å². The first-order chi connectivity index (χ1) is 13.7. The van der Waals surface area contributed by atoms with Gasteiger partial charge in [0, 0.05) is 0 Å². The van der Waals surface area contributed by atoms with E-state index in [2.05, 4.69) is 28.3 Å². The molecular formula is C23H28N2O2S. The van der Waals surface area contributed by atoms with E-state index >= 15 is 0 Å². The van der Waals surface area contributed by atoms with Crippen molar-refractivity contribution >= 4 is 10.9 Å². The van der Waals surface area contributed by atoms with Gasteiger partial charge < -0.3 is 5.32 Å². The van der Waals surface area contributed by atoms with Crippen LogP contribution in [0.15, 0.2) is 84.5 Å². The van der Waals surface area contributed by atoms with Crippen molar-refractivity contribution in [1.82, 2.24) is 10.0 Å². The monoisotopic (exact) mass is 396 g/mol. The van der Waals surface area contributed by atoms with E-state index in [0.717, 1.165) is 43.4 Å². The first kappa shape index (κ1) is 20.5. The van der Waals surface area contributed by atoms with Crippen LogP contribution in [0.4, 0.5) is 0 Å². The number of allylic oxidation sites excluding steroid dienone is 4. The van der Waals surface area contributed by atoms with Crippen molar-refractivity contribution in [3.05, 3.63) is 95.6 Å². The summed E-state index contributed by atoms with van der Waals surface area (Å²) in [6, 6.07) is 19.3. The maximum Gasteiger partial charge on any atom is 0.202 e. The van der Waals surface area contributed by atoms with E-state index in [9.17, 15) is 8.42 Å². The Morgan fingerprint density at radius 1 is 0.857 bits per heavy atom. The average Bonchev–Trinajstić information content (AvgIpc) is 2.74. The summed E-state index contributed by atoms with van der Waals surface area (Å²) in [4.78, 5) is 0. The molecule has 3 rings (SSSR count). The Bertz CT molecular complexity index is 853. The fourth-order valence-electron chi connectivity index (χ4n) is 3.63. The summed E-state index contributed by atoms with van der Waals surface area (Å²) in [5, 5.41) is 3.60. The number of rotatable bonds is 10. The third kappa shape index (κ3) is 6.16. The lowest BCUT2D eigenvalue weighted by molar-refractivity contribution is 0.423. The zero-order chi connectivity index (χ0) is 19.6. The molecule has 1 aliphatic carbocycles. The number of nitrogens with one attached hydrogen (secondary N) is 2. The van der Waals surface area contributed by atoms with E-state index in [4.69, 9.17) is 0 Å². The highest BCUT2D eigenvalue weighted by molar-refractivity contribution is 7.70. The number of benzene rings is 2. The Morgan fingerprint density at radius 3 is 2.07 bits per heavy atom. The van der Waals surface area contributed by atoms with Crippen molar-refractivity contribution in [1.29, 1.82) is 0 Å². The van der Waals surface area contributed by atoms with Crippen molar-refractivity contribution in [2.45, 2.75) is 37.8 Å². The fourth-order valence-corrected chi connectivity index (χ4v) is 4.16. The van der Waals surface area contributed by atoms with Gasteiger partial charge in [0.25, 0.3) is 0 Å². The first-order valence-corrected chi connectivity index (χ1v) is 11.0. The van der Waals surface area contributed by atoms with Crippen LogP contribution in [0.5, 0.6) is 0 Å². The minimum absolute atomic E-state index is 0.142. The van der Waals surface area contributed by atoms with Gasteiger partial charge in [0.15, 0.2) is 0 Å². The molecule has 148 valence electrons. The summed E-state index contributed by atoms with van der Waals surface area (Å²) >= 11 is 0. The average molecular weight is 397 g/mol.